The Kier molecular flexibility index (Phi) is 12.0. The number of nitrogens with two attached hydrogens (primary N) is 1. The summed E-state index contributed by atoms with van der Waals surface area (Å²) < 4.78 is 0. The van der Waals surface area contributed by atoms with Gasteiger partial charge in [0.2, 0.25) is 11.8 Å². The first-order valence-corrected chi connectivity index (χ1v) is 12.4. The van der Waals surface area contributed by atoms with Crippen molar-refractivity contribution >= 4 is 11.8 Å². The molecule has 0 bridgehead atoms. The first-order chi connectivity index (χ1) is 14.1. The van der Waals surface area contributed by atoms with Gasteiger partial charge in [0.1, 0.15) is 0 Å². The van der Waals surface area contributed by atoms with Crippen LogP contribution in [-0.4, -0.2) is 40.4 Å². The lowest BCUT2D eigenvalue weighted by Gasteiger charge is -2.49. The number of nitrogens with one attached hydrogen (secondary N) is 1. The Morgan fingerprint density at radius 3 is 1.77 bits per heavy atom. The smallest absolute Gasteiger partial charge is 0.223 e. The van der Waals surface area contributed by atoms with E-state index in [1.54, 1.807) is 0 Å². The largest absolute Gasteiger partial charge is 0.370 e. The second-order valence-corrected chi connectivity index (χ2v) is 10.7. The summed E-state index contributed by atoms with van der Waals surface area (Å²) in [6.07, 6.45) is 15.1. The third kappa shape index (κ3) is 11.3. The molecule has 5 nitrogen and oxygen atoms in total. The summed E-state index contributed by atoms with van der Waals surface area (Å²) in [6, 6.07) is 0.218. The molecule has 1 saturated heterocycles. The van der Waals surface area contributed by atoms with Crippen molar-refractivity contribution in [1.82, 2.24) is 10.2 Å². The number of hydrogen-bond acceptors (Lipinski definition) is 3. The lowest BCUT2D eigenvalue weighted by atomic mass is 9.79. The SMILES string of the molecule is CCCCCCCCCCCCN(C(=O)CCC(N)=O)C1CC(C)(C)NC(C)(C)C1. The van der Waals surface area contributed by atoms with Gasteiger partial charge < -0.3 is 16.0 Å². The molecule has 0 aromatic heterocycles. The zero-order chi connectivity index (χ0) is 22.6. The Morgan fingerprint density at radius 2 is 1.30 bits per heavy atom. The summed E-state index contributed by atoms with van der Waals surface area (Å²) >= 11 is 0. The van der Waals surface area contributed by atoms with Gasteiger partial charge in [0, 0.05) is 36.5 Å². The van der Waals surface area contributed by atoms with Crippen LogP contribution >= 0.6 is 0 Å². The Bertz CT molecular complexity index is 501. The fraction of sp³-hybridized carbons (Fsp3) is 0.920. The van der Waals surface area contributed by atoms with Crippen molar-refractivity contribution in [3.05, 3.63) is 0 Å². The number of hydrogen-bond donors (Lipinski definition) is 2. The van der Waals surface area contributed by atoms with Gasteiger partial charge in [-0.1, -0.05) is 64.7 Å². The van der Waals surface area contributed by atoms with Crippen LogP contribution in [0.4, 0.5) is 0 Å². The molecule has 176 valence electrons. The monoisotopic (exact) mass is 423 g/mol. The van der Waals surface area contributed by atoms with Gasteiger partial charge in [0.05, 0.1) is 0 Å². The molecule has 0 unspecified atom stereocenters. The highest BCUT2D eigenvalue weighted by Gasteiger charge is 2.40. The number of nitrogens with zero attached hydrogens (tertiary/aromatic N) is 1. The van der Waals surface area contributed by atoms with E-state index in [0.717, 1.165) is 25.8 Å². The molecule has 30 heavy (non-hydrogen) atoms. The summed E-state index contributed by atoms with van der Waals surface area (Å²) in [4.78, 5) is 26.2. The van der Waals surface area contributed by atoms with E-state index in [1.807, 2.05) is 0 Å². The van der Waals surface area contributed by atoms with Crippen molar-refractivity contribution in [2.45, 2.75) is 142 Å². The second kappa shape index (κ2) is 13.3. The molecule has 0 aliphatic carbocycles. The maximum Gasteiger partial charge on any atom is 0.223 e. The van der Waals surface area contributed by atoms with Crippen LogP contribution in [0.3, 0.4) is 0 Å². The molecule has 0 spiro atoms. The van der Waals surface area contributed by atoms with Gasteiger partial charge in [-0.15, -0.1) is 0 Å². The van der Waals surface area contributed by atoms with Gasteiger partial charge in [0.25, 0.3) is 0 Å². The van der Waals surface area contributed by atoms with Crippen molar-refractivity contribution in [1.29, 1.82) is 0 Å². The molecule has 5 heteroatoms. The van der Waals surface area contributed by atoms with Gasteiger partial charge in [-0.05, 0) is 47.0 Å². The van der Waals surface area contributed by atoms with Crippen molar-refractivity contribution < 1.29 is 9.59 Å². The number of carbonyl (C=O) groups excluding carboxylic acids is 2. The fourth-order valence-electron chi connectivity index (χ4n) is 5.14. The zero-order valence-corrected chi connectivity index (χ0v) is 20.5. The third-order valence-electron chi connectivity index (χ3n) is 6.27. The molecule has 0 aromatic rings. The van der Waals surface area contributed by atoms with Crippen molar-refractivity contribution in [3.63, 3.8) is 0 Å². The van der Waals surface area contributed by atoms with Gasteiger partial charge in [-0.2, -0.15) is 0 Å². The highest BCUT2D eigenvalue weighted by Crippen LogP contribution is 2.32. The standard InChI is InChI=1S/C25H49N3O2/c1-6-7-8-9-10-11-12-13-14-15-18-28(23(30)17-16-22(26)29)21-19-24(2,3)27-25(4,5)20-21/h21,27H,6-20H2,1-5H3,(H2,26,29). The summed E-state index contributed by atoms with van der Waals surface area (Å²) in [5.74, 6) is -0.309. The second-order valence-electron chi connectivity index (χ2n) is 10.7. The molecule has 1 aliphatic heterocycles. The molecule has 3 N–H and O–H groups in total. The predicted molar refractivity (Wildman–Crippen MR) is 126 cm³/mol. The molecule has 1 aliphatic rings. The Balaban J connectivity index is 2.50. The van der Waals surface area contributed by atoms with Gasteiger partial charge in [-0.3, -0.25) is 9.59 Å². The van der Waals surface area contributed by atoms with Crippen LogP contribution < -0.4 is 11.1 Å². The molecule has 0 aromatic carbocycles. The van der Waals surface area contributed by atoms with Crippen LogP contribution in [0.2, 0.25) is 0 Å². The topological polar surface area (TPSA) is 75.4 Å². The van der Waals surface area contributed by atoms with Crippen LogP contribution in [0.5, 0.6) is 0 Å². The lowest BCUT2D eigenvalue weighted by Crippen LogP contribution is -2.62. The third-order valence-corrected chi connectivity index (χ3v) is 6.27. The number of amides is 2. The van der Waals surface area contributed by atoms with E-state index in [0.29, 0.717) is 0 Å². The molecular weight excluding hydrogens is 374 g/mol. The summed E-state index contributed by atoms with van der Waals surface area (Å²) in [5.41, 5.74) is 5.28. The van der Waals surface area contributed by atoms with E-state index in [4.69, 9.17) is 5.73 Å². The lowest BCUT2D eigenvalue weighted by molar-refractivity contribution is -0.137. The van der Waals surface area contributed by atoms with Crippen LogP contribution in [0.25, 0.3) is 0 Å². The molecule has 1 fully saturated rings. The number of carbonyl (C=O) groups is 2. The molecule has 0 saturated carbocycles. The van der Waals surface area contributed by atoms with Crippen molar-refractivity contribution in [2.24, 2.45) is 5.73 Å². The number of piperidine rings is 1. The van der Waals surface area contributed by atoms with Crippen LogP contribution in [-0.2, 0) is 9.59 Å². The van der Waals surface area contributed by atoms with Gasteiger partial charge in [-0.25, -0.2) is 0 Å². The predicted octanol–water partition coefficient (Wildman–Crippen LogP) is 5.31. The average Bonchev–Trinajstić information content (AvgIpc) is 2.61. The van der Waals surface area contributed by atoms with E-state index in [-0.39, 0.29) is 35.9 Å². The van der Waals surface area contributed by atoms with Crippen LogP contribution in [0, 0.1) is 0 Å². The highest BCUT2D eigenvalue weighted by molar-refractivity contribution is 5.83. The highest BCUT2D eigenvalue weighted by atomic mass is 16.2. The summed E-state index contributed by atoms with van der Waals surface area (Å²) in [5, 5.41) is 3.70. The van der Waals surface area contributed by atoms with Gasteiger partial charge >= 0.3 is 0 Å². The number of rotatable bonds is 15. The summed E-state index contributed by atoms with van der Waals surface area (Å²) in [6.45, 7) is 11.9. The first-order valence-electron chi connectivity index (χ1n) is 12.4. The normalized spacial score (nSPS) is 18.3. The van der Waals surface area contributed by atoms with Gasteiger partial charge in [0.15, 0.2) is 0 Å². The summed E-state index contributed by atoms with van der Waals surface area (Å²) in [7, 11) is 0. The molecule has 1 heterocycles. The number of unbranched alkanes of at least 4 members (excludes halogenated alkanes) is 9. The molecule has 2 amide bonds. The van der Waals surface area contributed by atoms with Crippen LogP contribution in [0.15, 0.2) is 0 Å². The minimum atomic E-state index is -0.395. The molecule has 0 atom stereocenters. The average molecular weight is 424 g/mol. The number of primary amides is 1. The van der Waals surface area contributed by atoms with E-state index < -0.39 is 5.91 Å². The maximum atomic E-state index is 13.0. The van der Waals surface area contributed by atoms with E-state index in [2.05, 4.69) is 44.8 Å². The molecular formula is C25H49N3O2. The zero-order valence-electron chi connectivity index (χ0n) is 20.5. The van der Waals surface area contributed by atoms with Crippen molar-refractivity contribution in [3.8, 4) is 0 Å². The van der Waals surface area contributed by atoms with E-state index in [9.17, 15) is 9.59 Å². The maximum absolute atomic E-state index is 13.0. The molecule has 1 rings (SSSR count). The fourth-order valence-corrected chi connectivity index (χ4v) is 5.14. The van der Waals surface area contributed by atoms with E-state index >= 15 is 0 Å². The van der Waals surface area contributed by atoms with E-state index in [1.165, 1.54) is 57.8 Å². The minimum Gasteiger partial charge on any atom is -0.370 e. The molecule has 0 radical (unpaired) electrons. The Labute approximate surface area is 185 Å². The first kappa shape index (κ1) is 26.9. The van der Waals surface area contributed by atoms with Crippen LogP contribution in [0.1, 0.15) is 125 Å². The van der Waals surface area contributed by atoms with Crippen molar-refractivity contribution in [2.75, 3.05) is 6.54 Å². The Hall–Kier alpha value is -1.10. The minimum absolute atomic E-state index is 0.00753. The Morgan fingerprint density at radius 1 is 0.833 bits per heavy atom. The quantitative estimate of drug-likeness (QED) is 0.350.